The Morgan fingerprint density at radius 3 is 2.76 bits per heavy atom. The van der Waals surface area contributed by atoms with Crippen LogP contribution in [0.4, 0.5) is 14.5 Å². The summed E-state index contributed by atoms with van der Waals surface area (Å²) in [7, 11) is 0. The van der Waals surface area contributed by atoms with Crippen molar-refractivity contribution >= 4 is 34.9 Å². The van der Waals surface area contributed by atoms with Crippen LogP contribution in [0.15, 0.2) is 53.9 Å². The quantitative estimate of drug-likeness (QED) is 0.258. The number of rotatable bonds is 10. The summed E-state index contributed by atoms with van der Waals surface area (Å²) < 4.78 is 40.2. The van der Waals surface area contributed by atoms with E-state index in [0.717, 1.165) is 37.6 Å². The fourth-order valence-electron chi connectivity index (χ4n) is 5.59. The minimum absolute atomic E-state index is 0.0981. The van der Waals surface area contributed by atoms with Crippen LogP contribution in [0.25, 0.3) is 16.9 Å². The number of carbonyl (C=O) groups excluding carboxylic acids is 2. The van der Waals surface area contributed by atoms with E-state index in [1.165, 1.54) is 27.7 Å². The summed E-state index contributed by atoms with van der Waals surface area (Å²) in [5.41, 5.74) is 1.23. The molecule has 2 aliphatic heterocycles. The van der Waals surface area contributed by atoms with Crippen molar-refractivity contribution in [1.82, 2.24) is 34.2 Å². The second-order valence-corrected chi connectivity index (χ2v) is 12.8. The van der Waals surface area contributed by atoms with Crippen molar-refractivity contribution in [2.24, 2.45) is 0 Å². The Bertz CT molecular complexity index is 1660. The highest BCUT2D eigenvalue weighted by atomic mass is 32.2. The summed E-state index contributed by atoms with van der Waals surface area (Å²) in [4.78, 5) is 36.1. The number of ether oxygens (including phenoxy) is 2. The first kappa shape index (κ1) is 30.9. The molecule has 2 aliphatic rings. The van der Waals surface area contributed by atoms with Crippen LogP contribution in [0.3, 0.4) is 0 Å². The van der Waals surface area contributed by atoms with Crippen molar-refractivity contribution in [2.75, 3.05) is 44.7 Å². The summed E-state index contributed by atoms with van der Waals surface area (Å²) in [5, 5.41) is 11.9. The largest absolute Gasteiger partial charge is 0.434 e. The molecule has 238 valence electrons. The van der Waals surface area contributed by atoms with E-state index in [4.69, 9.17) is 9.47 Å². The number of thioether (sulfide) groups is 1. The number of amides is 2. The van der Waals surface area contributed by atoms with Crippen LogP contribution in [0.5, 0.6) is 5.75 Å². The molecule has 2 fully saturated rings. The van der Waals surface area contributed by atoms with E-state index >= 15 is 0 Å². The monoisotopic (exact) mass is 640 g/mol. The highest BCUT2D eigenvalue weighted by Crippen LogP contribution is 2.39. The van der Waals surface area contributed by atoms with Crippen LogP contribution in [0.2, 0.25) is 0 Å². The van der Waals surface area contributed by atoms with E-state index in [0.29, 0.717) is 24.8 Å². The number of hydrogen-bond acceptors (Lipinski definition) is 9. The van der Waals surface area contributed by atoms with Gasteiger partial charge in [0.1, 0.15) is 23.6 Å². The first-order valence-electron chi connectivity index (χ1n) is 14.8. The van der Waals surface area contributed by atoms with E-state index in [9.17, 15) is 18.4 Å². The number of anilines is 1. The predicted octanol–water partition coefficient (Wildman–Crippen LogP) is 3.88. The molecule has 3 aromatic heterocycles. The number of piperazine rings is 1. The maximum atomic E-state index is 13.5. The van der Waals surface area contributed by atoms with Gasteiger partial charge in [0, 0.05) is 73.1 Å². The molecule has 1 N–H and O–H groups in total. The van der Waals surface area contributed by atoms with Crippen molar-refractivity contribution in [3.05, 3.63) is 54.6 Å². The summed E-state index contributed by atoms with van der Waals surface area (Å²) >= 11 is 1.54. The maximum absolute atomic E-state index is 13.5. The van der Waals surface area contributed by atoms with Crippen molar-refractivity contribution in [3.63, 3.8) is 0 Å². The molecule has 1 aromatic carbocycles. The minimum atomic E-state index is -3.08. The van der Waals surface area contributed by atoms with Crippen LogP contribution >= 0.6 is 11.8 Å². The van der Waals surface area contributed by atoms with Crippen LogP contribution in [-0.4, -0.2) is 103 Å². The molecule has 1 unspecified atom stereocenters. The van der Waals surface area contributed by atoms with E-state index in [1.54, 1.807) is 47.3 Å². The van der Waals surface area contributed by atoms with Gasteiger partial charge in [0.05, 0.1) is 18.5 Å². The lowest BCUT2D eigenvalue weighted by Crippen LogP contribution is -2.52. The second kappa shape index (κ2) is 13.5. The average molecular weight is 641 g/mol. The van der Waals surface area contributed by atoms with Gasteiger partial charge in [-0.05, 0) is 30.7 Å². The van der Waals surface area contributed by atoms with Crippen molar-refractivity contribution in [3.8, 4) is 17.0 Å². The van der Waals surface area contributed by atoms with Gasteiger partial charge in [-0.15, -0.1) is 11.8 Å². The average Bonchev–Trinajstić information content (AvgIpc) is 3.78. The van der Waals surface area contributed by atoms with Gasteiger partial charge in [0.15, 0.2) is 5.65 Å². The summed E-state index contributed by atoms with van der Waals surface area (Å²) in [6, 6.07) is 6.95. The predicted molar refractivity (Wildman–Crippen MR) is 164 cm³/mol. The molecule has 0 aliphatic carbocycles. The first-order valence-corrected chi connectivity index (χ1v) is 15.7. The second-order valence-electron chi connectivity index (χ2n) is 11.1. The summed E-state index contributed by atoms with van der Waals surface area (Å²) in [6.07, 6.45) is 7.15. The topological polar surface area (TPSA) is 119 Å². The van der Waals surface area contributed by atoms with Gasteiger partial charge >= 0.3 is 6.61 Å². The molecule has 5 heterocycles. The van der Waals surface area contributed by atoms with E-state index in [2.05, 4.69) is 25.4 Å². The van der Waals surface area contributed by atoms with Crippen LogP contribution in [-0.2, 0) is 16.1 Å². The number of halogens is 2. The molecular formula is C30H34F2N8O4S. The zero-order valence-corrected chi connectivity index (χ0v) is 25.8. The molecule has 0 spiro atoms. The van der Waals surface area contributed by atoms with Crippen molar-refractivity contribution < 1.29 is 27.8 Å². The van der Waals surface area contributed by atoms with Gasteiger partial charge in [-0.3, -0.25) is 19.2 Å². The molecule has 1 atom stereocenters. The lowest BCUT2D eigenvalue weighted by molar-refractivity contribution is -0.134. The molecule has 45 heavy (non-hydrogen) atoms. The Kier molecular flexibility index (Phi) is 9.28. The van der Waals surface area contributed by atoms with Gasteiger partial charge in [-0.25, -0.2) is 9.50 Å². The van der Waals surface area contributed by atoms with Gasteiger partial charge in [0.25, 0.3) is 5.91 Å². The van der Waals surface area contributed by atoms with E-state index in [-0.39, 0.29) is 46.0 Å². The Labute approximate surface area is 262 Å². The maximum Gasteiger partial charge on any atom is 0.387 e. The fourth-order valence-corrected chi connectivity index (χ4v) is 6.47. The SMILES string of the molecule is CC(C)Sc1ccc(OC(F)F)c(-c2nn(CC(=O)N3CCN(C4CCOC4)CC3)cc2NC(=O)c2cnn3cccnc23)c1. The normalized spacial score (nSPS) is 17.5. The summed E-state index contributed by atoms with van der Waals surface area (Å²) in [5.74, 6) is -0.758. The molecule has 0 radical (unpaired) electrons. The number of nitrogens with one attached hydrogen (secondary N) is 1. The third kappa shape index (κ3) is 7.10. The minimum Gasteiger partial charge on any atom is -0.434 e. The molecule has 2 saturated heterocycles. The van der Waals surface area contributed by atoms with Crippen molar-refractivity contribution in [1.29, 1.82) is 0 Å². The highest BCUT2D eigenvalue weighted by Gasteiger charge is 2.29. The smallest absolute Gasteiger partial charge is 0.387 e. The fraction of sp³-hybridized carbons (Fsp3) is 0.433. The molecule has 6 rings (SSSR count). The van der Waals surface area contributed by atoms with Crippen LogP contribution in [0, 0.1) is 0 Å². The number of carbonyl (C=O) groups is 2. The highest BCUT2D eigenvalue weighted by molar-refractivity contribution is 7.99. The van der Waals surface area contributed by atoms with Gasteiger partial charge < -0.3 is 19.7 Å². The zero-order valence-electron chi connectivity index (χ0n) is 24.9. The molecule has 15 heteroatoms. The number of alkyl halides is 2. The van der Waals surface area contributed by atoms with Crippen LogP contribution in [0.1, 0.15) is 30.6 Å². The van der Waals surface area contributed by atoms with Gasteiger partial charge in [-0.2, -0.15) is 19.0 Å². The number of nitrogens with zero attached hydrogens (tertiary/aromatic N) is 7. The molecule has 12 nitrogen and oxygen atoms in total. The Morgan fingerprint density at radius 2 is 2.02 bits per heavy atom. The molecule has 0 saturated carbocycles. The zero-order chi connectivity index (χ0) is 31.5. The number of fused-ring (bicyclic) bond motifs is 1. The molecular weight excluding hydrogens is 606 g/mol. The molecule has 0 bridgehead atoms. The van der Waals surface area contributed by atoms with Gasteiger partial charge in [0.2, 0.25) is 5.91 Å². The van der Waals surface area contributed by atoms with Gasteiger partial charge in [-0.1, -0.05) is 13.8 Å². The lowest BCUT2D eigenvalue weighted by atomic mass is 10.1. The number of benzene rings is 1. The van der Waals surface area contributed by atoms with E-state index in [1.807, 2.05) is 13.8 Å². The summed E-state index contributed by atoms with van der Waals surface area (Å²) in [6.45, 7) is 5.02. The third-order valence-electron chi connectivity index (χ3n) is 7.71. The number of hydrogen-bond donors (Lipinski definition) is 1. The Balaban J connectivity index is 1.30. The number of aromatic nitrogens is 5. The standard InChI is InChI=1S/C30H34F2N8O4S/c1-19(2)45-21-4-5-25(44-30(31)32)22(14-21)27-24(35-29(42)23-15-34-40-8-3-7-33-28(23)40)16-39(36-27)17-26(41)38-11-9-37(10-12-38)20-6-13-43-18-20/h3-5,7-8,14-16,19-20,30H,6,9-13,17-18H2,1-2H3,(H,35,42). The lowest BCUT2D eigenvalue weighted by Gasteiger charge is -2.37. The Morgan fingerprint density at radius 1 is 1.20 bits per heavy atom. The Hall–Kier alpha value is -4.08. The molecule has 4 aromatic rings. The molecule has 2 amide bonds. The van der Waals surface area contributed by atoms with Crippen molar-refractivity contribution in [2.45, 2.75) is 49.6 Å². The first-order chi connectivity index (χ1) is 21.7. The van der Waals surface area contributed by atoms with E-state index < -0.39 is 12.5 Å². The van der Waals surface area contributed by atoms with Crippen LogP contribution < -0.4 is 10.1 Å². The third-order valence-corrected chi connectivity index (χ3v) is 8.71.